The number of nitrogens with one attached hydrogen (secondary N) is 1. The molecule has 3 aliphatic heterocycles. The van der Waals surface area contributed by atoms with Gasteiger partial charge in [-0.15, -0.1) is 0 Å². The molecule has 1 aromatic rings. The predicted octanol–water partition coefficient (Wildman–Crippen LogP) is -0.320. The summed E-state index contributed by atoms with van der Waals surface area (Å²) >= 11 is 0. The van der Waals surface area contributed by atoms with Crippen molar-refractivity contribution >= 4 is 29.6 Å². The Morgan fingerprint density at radius 1 is 1.23 bits per heavy atom. The number of phenols is 1. The number of benzene rings is 1. The van der Waals surface area contributed by atoms with Crippen LogP contribution in [0.4, 0.5) is 10.5 Å². The molecule has 2 fully saturated rings. The molecule has 11 heteroatoms. The molecule has 11 nitrogen and oxygen atoms in total. The van der Waals surface area contributed by atoms with Gasteiger partial charge in [-0.3, -0.25) is 19.4 Å². The van der Waals surface area contributed by atoms with Crippen molar-refractivity contribution in [2.75, 3.05) is 25.0 Å². The van der Waals surface area contributed by atoms with Crippen molar-refractivity contribution < 1.29 is 34.1 Å². The van der Waals surface area contributed by atoms with Crippen LogP contribution < -0.4 is 11.1 Å². The van der Waals surface area contributed by atoms with Gasteiger partial charge in [-0.2, -0.15) is 0 Å². The molecule has 0 aliphatic carbocycles. The van der Waals surface area contributed by atoms with Gasteiger partial charge in [0.1, 0.15) is 24.1 Å². The number of aromatic hydroxyl groups is 1. The molecular weight excluding hydrogens is 396 g/mol. The number of rotatable bonds is 6. The van der Waals surface area contributed by atoms with Gasteiger partial charge >= 0.3 is 12.1 Å². The van der Waals surface area contributed by atoms with Crippen molar-refractivity contribution in [2.24, 2.45) is 11.7 Å². The molecule has 0 aromatic heterocycles. The first-order valence-electron chi connectivity index (χ1n) is 9.30. The number of nitrogens with zero attached hydrogens (tertiary/aromatic N) is 2. The summed E-state index contributed by atoms with van der Waals surface area (Å²) in [5, 5.41) is 21.6. The van der Waals surface area contributed by atoms with Crippen LogP contribution in [0.2, 0.25) is 0 Å². The molecule has 3 heterocycles. The van der Waals surface area contributed by atoms with Gasteiger partial charge in [-0.25, -0.2) is 9.59 Å². The van der Waals surface area contributed by atoms with Crippen LogP contribution in [0.15, 0.2) is 35.5 Å². The predicted molar refractivity (Wildman–Crippen MR) is 101 cm³/mol. The number of aliphatic carboxylic acids is 1. The van der Waals surface area contributed by atoms with Crippen molar-refractivity contribution in [2.45, 2.75) is 18.5 Å². The Morgan fingerprint density at radius 2 is 1.93 bits per heavy atom. The number of anilines is 1. The zero-order valence-electron chi connectivity index (χ0n) is 15.8. The Balaban J connectivity index is 1.47. The first-order valence-corrected chi connectivity index (χ1v) is 9.30. The second-order valence-electron chi connectivity index (χ2n) is 7.50. The number of phenolic OH excluding ortho intramolecular Hbond substituents is 1. The van der Waals surface area contributed by atoms with E-state index in [4.69, 9.17) is 10.5 Å². The minimum absolute atomic E-state index is 0.0341. The zero-order valence-corrected chi connectivity index (χ0v) is 15.8. The summed E-state index contributed by atoms with van der Waals surface area (Å²) in [7, 11) is 0. The molecule has 3 amide bonds. The average molecular weight is 416 g/mol. The highest BCUT2D eigenvalue weighted by atomic mass is 16.5. The minimum atomic E-state index is -1.27. The van der Waals surface area contributed by atoms with E-state index in [-0.39, 0.29) is 42.5 Å². The van der Waals surface area contributed by atoms with E-state index in [2.05, 4.69) is 5.32 Å². The molecule has 158 valence electrons. The zero-order chi connectivity index (χ0) is 21.6. The summed E-state index contributed by atoms with van der Waals surface area (Å²) in [4.78, 5) is 50.8. The third-order valence-electron chi connectivity index (χ3n) is 5.63. The maximum atomic E-state index is 12.7. The Bertz CT molecular complexity index is 958. The number of likely N-dealkylation sites (tertiary alicyclic amines) is 1. The fraction of sp³-hybridized carbons (Fsp3) is 0.368. The van der Waals surface area contributed by atoms with E-state index in [1.165, 1.54) is 17.0 Å². The molecule has 5 N–H and O–H groups in total. The van der Waals surface area contributed by atoms with Gasteiger partial charge in [0.05, 0.1) is 12.6 Å². The Hall–Kier alpha value is -3.60. The van der Waals surface area contributed by atoms with E-state index in [0.717, 1.165) is 0 Å². The third kappa shape index (κ3) is 3.32. The van der Waals surface area contributed by atoms with Gasteiger partial charge in [0, 0.05) is 12.2 Å². The highest BCUT2D eigenvalue weighted by Gasteiger charge is 2.63. The number of carboxylic acid groups (broad SMARTS) is 1. The maximum Gasteiger partial charge on any atom is 0.404 e. The topological polar surface area (TPSA) is 162 Å². The number of carbonyl (C=O) groups excluding carboxylic acids is 3. The summed E-state index contributed by atoms with van der Waals surface area (Å²) in [6.45, 7) is 0.0944. The van der Waals surface area contributed by atoms with Gasteiger partial charge in [-0.1, -0.05) is 0 Å². The Labute approximate surface area is 170 Å². The normalized spacial score (nSPS) is 24.9. The molecule has 1 aromatic carbocycles. The van der Waals surface area contributed by atoms with Gasteiger partial charge in [-0.05, 0) is 42.2 Å². The highest BCUT2D eigenvalue weighted by molar-refractivity contribution is 6.01. The fourth-order valence-electron chi connectivity index (χ4n) is 4.52. The van der Waals surface area contributed by atoms with Crippen LogP contribution in [-0.2, 0) is 19.1 Å². The van der Waals surface area contributed by atoms with Crippen molar-refractivity contribution in [1.82, 2.24) is 9.80 Å². The average Bonchev–Trinajstić information content (AvgIpc) is 3.01. The maximum absolute atomic E-state index is 12.7. The van der Waals surface area contributed by atoms with Gasteiger partial charge in [0.15, 0.2) is 0 Å². The van der Waals surface area contributed by atoms with E-state index in [1.54, 1.807) is 17.0 Å². The number of amides is 3. The van der Waals surface area contributed by atoms with Crippen molar-refractivity contribution in [3.63, 3.8) is 0 Å². The van der Waals surface area contributed by atoms with Gasteiger partial charge in [0.2, 0.25) is 11.8 Å². The Morgan fingerprint density at radius 3 is 2.57 bits per heavy atom. The molecule has 4 rings (SSSR count). The molecule has 0 bridgehead atoms. The van der Waals surface area contributed by atoms with Crippen LogP contribution in [-0.4, -0.2) is 75.7 Å². The molecule has 0 saturated carbocycles. The number of ether oxygens (including phenoxy) is 1. The summed E-state index contributed by atoms with van der Waals surface area (Å²) in [5.74, 6) is -1.99. The number of β-lactam (4-membered cyclic amide) rings is 1. The van der Waals surface area contributed by atoms with Crippen LogP contribution in [0.3, 0.4) is 0 Å². The number of hydrogen-bond acceptors (Lipinski definition) is 7. The lowest BCUT2D eigenvalue weighted by molar-refractivity contribution is -0.157. The van der Waals surface area contributed by atoms with E-state index < -0.39 is 24.0 Å². The highest BCUT2D eigenvalue weighted by Crippen LogP contribution is 2.46. The van der Waals surface area contributed by atoms with Crippen LogP contribution >= 0.6 is 0 Å². The number of nitrogens with two attached hydrogens (primary N) is 1. The molecule has 30 heavy (non-hydrogen) atoms. The number of carbonyl (C=O) groups is 4. The van der Waals surface area contributed by atoms with Crippen LogP contribution in [0, 0.1) is 5.92 Å². The first kappa shape index (κ1) is 19.7. The second-order valence-corrected chi connectivity index (χ2v) is 7.50. The smallest absolute Gasteiger partial charge is 0.404 e. The van der Waals surface area contributed by atoms with E-state index in [1.807, 2.05) is 0 Å². The quantitative estimate of drug-likeness (QED) is 0.362. The van der Waals surface area contributed by atoms with Crippen LogP contribution in [0.5, 0.6) is 5.75 Å². The van der Waals surface area contributed by atoms with Gasteiger partial charge in [0.25, 0.3) is 0 Å². The lowest BCUT2D eigenvalue weighted by Gasteiger charge is -2.50. The number of carboxylic acids is 1. The van der Waals surface area contributed by atoms with Crippen molar-refractivity contribution in [3.05, 3.63) is 35.5 Å². The third-order valence-corrected chi connectivity index (χ3v) is 5.63. The molecule has 2 saturated heterocycles. The van der Waals surface area contributed by atoms with E-state index in [9.17, 15) is 29.4 Å². The van der Waals surface area contributed by atoms with Crippen molar-refractivity contribution in [3.8, 4) is 5.75 Å². The molecule has 0 spiro atoms. The van der Waals surface area contributed by atoms with Crippen LogP contribution in [0.1, 0.15) is 6.42 Å². The van der Waals surface area contributed by atoms with E-state index >= 15 is 0 Å². The summed E-state index contributed by atoms with van der Waals surface area (Å²) in [5.41, 5.74) is 5.64. The lowest BCUT2D eigenvalue weighted by Crippen LogP contribution is -2.69. The van der Waals surface area contributed by atoms with E-state index in [0.29, 0.717) is 24.2 Å². The number of hydrogen-bond donors (Lipinski definition) is 4. The van der Waals surface area contributed by atoms with Crippen molar-refractivity contribution in [1.29, 1.82) is 0 Å². The standard InChI is InChI=1S/C19H20N4O7/c20-19(29)30-8-10-5-9-6-22(7-13(25)21-11-1-3-12(24)4-2-11)16-14(9)23(17(16)26)15(10)18(27)28/h1-4,9,14,16,24H,5-8H2,(H2,20,29)(H,21,25)(H,27,28)/t9-,14-,16+/m1/s1. The fourth-order valence-corrected chi connectivity index (χ4v) is 4.52. The molecule has 0 unspecified atom stereocenters. The minimum Gasteiger partial charge on any atom is -0.508 e. The second kappa shape index (κ2) is 7.34. The molecule has 3 atom stereocenters. The van der Waals surface area contributed by atoms with Crippen LogP contribution in [0.25, 0.3) is 0 Å². The Kier molecular flexibility index (Phi) is 4.82. The van der Waals surface area contributed by atoms with Gasteiger partial charge < -0.3 is 26.0 Å². The summed E-state index contributed by atoms with van der Waals surface area (Å²) < 4.78 is 4.76. The monoisotopic (exact) mass is 416 g/mol. The lowest BCUT2D eigenvalue weighted by atomic mass is 9.79. The first-order chi connectivity index (χ1) is 14.3. The largest absolute Gasteiger partial charge is 0.508 e. The summed E-state index contributed by atoms with van der Waals surface area (Å²) in [6.07, 6.45) is -0.697. The summed E-state index contributed by atoms with van der Waals surface area (Å²) in [6, 6.07) is 5.11. The molecular formula is C19H20N4O7. The molecule has 3 aliphatic rings. The number of primary amides is 1. The SMILES string of the molecule is NC(=O)OCC1=C(C(=O)O)N2C(=O)[C@@H]3[C@H]2[C@H](C1)CN3CC(=O)Nc1ccc(O)cc1. The molecule has 0 radical (unpaired) electrons.